The monoisotopic (exact) mass is 286 g/mol. The van der Waals surface area contributed by atoms with E-state index in [1.54, 1.807) is 29.0 Å². The number of benzene rings is 1. The highest BCUT2D eigenvalue weighted by Gasteiger charge is 2.20. The van der Waals surface area contributed by atoms with Crippen LogP contribution in [0.25, 0.3) is 0 Å². The lowest BCUT2D eigenvalue weighted by Crippen LogP contribution is -2.36. The predicted molar refractivity (Wildman–Crippen MR) is 82.5 cm³/mol. The molecule has 0 aliphatic carbocycles. The van der Waals surface area contributed by atoms with Crippen LogP contribution >= 0.6 is 0 Å². The molecular formula is C16H22N4O. The third-order valence-electron chi connectivity index (χ3n) is 3.53. The van der Waals surface area contributed by atoms with Crippen LogP contribution in [-0.2, 0) is 18.3 Å². The summed E-state index contributed by atoms with van der Waals surface area (Å²) < 4.78 is 1.65. The van der Waals surface area contributed by atoms with Gasteiger partial charge in [0.2, 0.25) is 5.91 Å². The molecule has 0 bridgehead atoms. The maximum atomic E-state index is 12.3. The summed E-state index contributed by atoms with van der Waals surface area (Å²) >= 11 is 0. The number of carbonyl (C=O) groups is 1. The van der Waals surface area contributed by atoms with Crippen LogP contribution in [-0.4, -0.2) is 34.2 Å². The van der Waals surface area contributed by atoms with Gasteiger partial charge in [0, 0.05) is 32.4 Å². The minimum atomic E-state index is -0.638. The van der Waals surface area contributed by atoms with Crippen molar-refractivity contribution in [1.29, 1.82) is 0 Å². The summed E-state index contributed by atoms with van der Waals surface area (Å²) in [6, 6.07) is 9.63. The molecule has 1 aromatic heterocycles. The first-order chi connectivity index (χ1) is 10.1. The number of carbonyl (C=O) groups excluding carboxylic acids is 1. The Morgan fingerprint density at radius 3 is 2.71 bits per heavy atom. The van der Waals surface area contributed by atoms with Crippen molar-refractivity contribution in [2.75, 3.05) is 13.6 Å². The lowest BCUT2D eigenvalue weighted by atomic mass is 10.1. The number of nitrogens with zero attached hydrogens (tertiary/aromatic N) is 3. The van der Waals surface area contributed by atoms with Gasteiger partial charge in [-0.15, -0.1) is 0 Å². The molecule has 0 spiro atoms. The molecule has 1 atom stereocenters. The van der Waals surface area contributed by atoms with E-state index >= 15 is 0 Å². The van der Waals surface area contributed by atoms with Crippen molar-refractivity contribution in [3.05, 3.63) is 53.9 Å². The van der Waals surface area contributed by atoms with Crippen LogP contribution in [0.1, 0.15) is 23.6 Å². The van der Waals surface area contributed by atoms with E-state index in [-0.39, 0.29) is 5.91 Å². The normalized spacial score (nSPS) is 12.1. The molecule has 0 aliphatic rings. The molecule has 5 nitrogen and oxygen atoms in total. The number of nitrogens with two attached hydrogens (primary N) is 1. The minimum absolute atomic E-state index is 0.0731. The lowest BCUT2D eigenvalue weighted by molar-refractivity contribution is -0.131. The zero-order valence-electron chi connectivity index (χ0n) is 12.6. The van der Waals surface area contributed by atoms with Crippen LogP contribution in [0.2, 0.25) is 0 Å². The fourth-order valence-corrected chi connectivity index (χ4v) is 2.26. The molecule has 1 aromatic carbocycles. The number of rotatable bonds is 6. The second-order valence-corrected chi connectivity index (χ2v) is 5.27. The summed E-state index contributed by atoms with van der Waals surface area (Å²) in [5, 5.41) is 4.05. The third-order valence-corrected chi connectivity index (χ3v) is 3.53. The van der Waals surface area contributed by atoms with E-state index in [0.717, 1.165) is 18.4 Å². The van der Waals surface area contributed by atoms with Crippen molar-refractivity contribution in [3.63, 3.8) is 0 Å². The first-order valence-electron chi connectivity index (χ1n) is 7.11. The minimum Gasteiger partial charge on any atom is -0.344 e. The topological polar surface area (TPSA) is 64.2 Å². The predicted octanol–water partition coefficient (Wildman–Crippen LogP) is 1.51. The Bertz CT molecular complexity index is 579. The van der Waals surface area contributed by atoms with Gasteiger partial charge in [-0.25, -0.2) is 0 Å². The molecular weight excluding hydrogens is 264 g/mol. The highest BCUT2D eigenvalue weighted by Crippen LogP contribution is 2.12. The summed E-state index contributed by atoms with van der Waals surface area (Å²) in [5.41, 5.74) is 8.03. The van der Waals surface area contributed by atoms with E-state index in [2.05, 4.69) is 17.2 Å². The fraction of sp³-hybridized carbons (Fsp3) is 0.375. The maximum absolute atomic E-state index is 12.3. The van der Waals surface area contributed by atoms with E-state index in [1.807, 2.05) is 25.2 Å². The van der Waals surface area contributed by atoms with Gasteiger partial charge in [-0.3, -0.25) is 9.48 Å². The molecule has 0 fully saturated rings. The summed E-state index contributed by atoms with van der Waals surface area (Å²) in [6.07, 6.45) is 5.30. The van der Waals surface area contributed by atoms with E-state index in [1.165, 1.54) is 5.56 Å². The molecule has 112 valence electrons. The molecule has 2 aromatic rings. The van der Waals surface area contributed by atoms with E-state index < -0.39 is 6.04 Å². The van der Waals surface area contributed by atoms with Crippen LogP contribution < -0.4 is 5.73 Å². The van der Waals surface area contributed by atoms with Crippen molar-refractivity contribution in [3.8, 4) is 0 Å². The van der Waals surface area contributed by atoms with Crippen molar-refractivity contribution in [2.45, 2.75) is 18.9 Å². The summed E-state index contributed by atoms with van der Waals surface area (Å²) in [6.45, 7) is 0.696. The lowest BCUT2D eigenvalue weighted by Gasteiger charge is -2.20. The molecule has 1 unspecified atom stereocenters. The van der Waals surface area contributed by atoms with Gasteiger partial charge in [0.05, 0.1) is 6.20 Å². The summed E-state index contributed by atoms with van der Waals surface area (Å²) in [4.78, 5) is 14.0. The van der Waals surface area contributed by atoms with Crippen molar-refractivity contribution < 1.29 is 4.79 Å². The number of likely N-dealkylation sites (N-methyl/N-ethyl adjacent to an activating group) is 1. The molecule has 0 saturated heterocycles. The van der Waals surface area contributed by atoms with Gasteiger partial charge >= 0.3 is 0 Å². The Morgan fingerprint density at radius 1 is 1.38 bits per heavy atom. The second kappa shape index (κ2) is 7.04. The standard InChI is InChI=1S/C16H22N4O/c1-19(10-6-9-13-7-4-3-5-8-13)16(21)15(17)14-11-18-20(2)12-14/h3-5,7-8,11-12,15H,6,9-10,17H2,1-2H3. The Labute approximate surface area is 125 Å². The van der Waals surface area contributed by atoms with Gasteiger partial charge in [-0.2, -0.15) is 5.10 Å². The van der Waals surface area contributed by atoms with Gasteiger partial charge in [0.1, 0.15) is 6.04 Å². The Morgan fingerprint density at radius 2 is 2.10 bits per heavy atom. The molecule has 21 heavy (non-hydrogen) atoms. The fourth-order valence-electron chi connectivity index (χ4n) is 2.26. The number of hydrogen-bond acceptors (Lipinski definition) is 3. The van der Waals surface area contributed by atoms with Gasteiger partial charge in [0.25, 0.3) is 0 Å². The maximum Gasteiger partial charge on any atom is 0.243 e. The first-order valence-corrected chi connectivity index (χ1v) is 7.11. The molecule has 0 saturated carbocycles. The highest BCUT2D eigenvalue weighted by atomic mass is 16.2. The molecule has 2 N–H and O–H groups in total. The van der Waals surface area contributed by atoms with Crippen LogP contribution in [0, 0.1) is 0 Å². The van der Waals surface area contributed by atoms with Crippen molar-refractivity contribution >= 4 is 5.91 Å². The van der Waals surface area contributed by atoms with E-state index in [9.17, 15) is 4.79 Å². The summed E-state index contributed by atoms with van der Waals surface area (Å²) in [5.74, 6) is -0.0731. The molecule has 5 heteroatoms. The molecule has 1 heterocycles. The number of hydrogen-bond donors (Lipinski definition) is 1. The van der Waals surface area contributed by atoms with Gasteiger partial charge in [0.15, 0.2) is 0 Å². The molecule has 1 amide bonds. The van der Waals surface area contributed by atoms with E-state index in [4.69, 9.17) is 5.73 Å². The SMILES string of the molecule is CN(CCCc1ccccc1)C(=O)C(N)c1cnn(C)c1. The van der Waals surface area contributed by atoms with Gasteiger partial charge in [-0.05, 0) is 18.4 Å². The third kappa shape index (κ3) is 4.16. The quantitative estimate of drug-likeness (QED) is 0.875. The Balaban J connectivity index is 1.82. The van der Waals surface area contributed by atoms with Gasteiger partial charge in [-0.1, -0.05) is 30.3 Å². The number of aryl methyl sites for hydroxylation is 2. The van der Waals surface area contributed by atoms with Crippen LogP contribution in [0.5, 0.6) is 0 Å². The van der Waals surface area contributed by atoms with Gasteiger partial charge < -0.3 is 10.6 Å². The Kier molecular flexibility index (Phi) is 5.11. The zero-order valence-corrected chi connectivity index (χ0v) is 12.6. The zero-order chi connectivity index (χ0) is 15.2. The average Bonchev–Trinajstić information content (AvgIpc) is 2.93. The Hall–Kier alpha value is -2.14. The summed E-state index contributed by atoms with van der Waals surface area (Å²) in [7, 11) is 3.60. The highest BCUT2D eigenvalue weighted by molar-refractivity contribution is 5.82. The number of amides is 1. The van der Waals surface area contributed by atoms with Crippen molar-refractivity contribution in [2.24, 2.45) is 12.8 Å². The second-order valence-electron chi connectivity index (χ2n) is 5.27. The largest absolute Gasteiger partial charge is 0.344 e. The van der Waals surface area contributed by atoms with Crippen LogP contribution in [0.4, 0.5) is 0 Å². The van der Waals surface area contributed by atoms with Crippen LogP contribution in [0.15, 0.2) is 42.7 Å². The molecule has 0 radical (unpaired) electrons. The van der Waals surface area contributed by atoms with Crippen LogP contribution in [0.3, 0.4) is 0 Å². The molecule has 0 aliphatic heterocycles. The first kappa shape index (κ1) is 15.3. The molecule has 2 rings (SSSR count). The number of aromatic nitrogens is 2. The van der Waals surface area contributed by atoms with E-state index in [0.29, 0.717) is 6.54 Å². The average molecular weight is 286 g/mol. The smallest absolute Gasteiger partial charge is 0.243 e. The van der Waals surface area contributed by atoms with Crippen molar-refractivity contribution in [1.82, 2.24) is 14.7 Å².